The lowest BCUT2D eigenvalue weighted by Crippen LogP contribution is -1.80. The van der Waals surface area contributed by atoms with Gasteiger partial charge >= 0.3 is 0 Å². The minimum atomic E-state index is 0.917. The molecule has 0 spiro atoms. The Morgan fingerprint density at radius 3 is 1.50 bits per heavy atom. The highest BCUT2D eigenvalue weighted by molar-refractivity contribution is 4.41. The first-order valence-corrected chi connectivity index (χ1v) is 4.25. The Labute approximate surface area is 63.7 Å². The van der Waals surface area contributed by atoms with Gasteiger partial charge in [-0.3, -0.25) is 0 Å². The van der Waals surface area contributed by atoms with Crippen LogP contribution in [0.2, 0.25) is 0 Å². The van der Waals surface area contributed by atoms with E-state index in [-0.39, 0.29) is 0 Å². The normalized spacial score (nSPS) is 11.0. The summed E-state index contributed by atoms with van der Waals surface area (Å²) in [6, 6.07) is 0. The second-order valence-electron chi connectivity index (χ2n) is 2.44. The third-order valence-electron chi connectivity index (χ3n) is 1.32. The summed E-state index contributed by atoms with van der Waals surface area (Å²) in [4.78, 5) is 0. The van der Waals surface area contributed by atoms with Gasteiger partial charge in [0, 0.05) is 0 Å². The summed E-state index contributed by atoms with van der Waals surface area (Å²) in [6.07, 6.45) is 4.78. The van der Waals surface area contributed by atoms with E-state index in [1.807, 2.05) is 0 Å². The Hall–Kier alpha value is -0.400. The number of hydrogen-bond acceptors (Lipinski definition) is 2. The van der Waals surface area contributed by atoms with Gasteiger partial charge in [0.15, 0.2) is 0 Å². The van der Waals surface area contributed by atoms with Crippen LogP contribution in [0.15, 0.2) is 10.2 Å². The van der Waals surface area contributed by atoms with Crippen LogP contribution in [0.1, 0.15) is 39.5 Å². The number of hydrogen-bond donors (Lipinski definition) is 0. The van der Waals surface area contributed by atoms with Crippen molar-refractivity contribution in [1.82, 2.24) is 0 Å². The minimum absolute atomic E-state index is 0.917. The molecule has 10 heavy (non-hydrogen) atoms. The molecule has 0 saturated heterocycles. The number of unbranched alkanes of at least 4 members (excludes halogenated alkanes) is 2. The minimum Gasteiger partial charge on any atom is -0.194 e. The second-order valence-corrected chi connectivity index (χ2v) is 2.44. The topological polar surface area (TPSA) is 24.7 Å². The van der Waals surface area contributed by atoms with E-state index < -0.39 is 0 Å². The molecule has 0 aliphatic carbocycles. The predicted octanol–water partition coefficient (Wildman–Crippen LogP) is 3.04. The first-order valence-electron chi connectivity index (χ1n) is 4.25. The molecule has 0 aromatic heterocycles. The number of azo groups is 1. The molecular formula is C8H18N2. The van der Waals surface area contributed by atoms with Crippen LogP contribution in [0.3, 0.4) is 0 Å². The van der Waals surface area contributed by atoms with E-state index >= 15 is 0 Å². The molecule has 0 unspecified atom stereocenters. The first kappa shape index (κ1) is 9.60. The quantitative estimate of drug-likeness (QED) is 0.402. The molecular weight excluding hydrogens is 124 g/mol. The third kappa shape index (κ3) is 7.60. The van der Waals surface area contributed by atoms with Crippen LogP contribution in [0, 0.1) is 0 Å². The fourth-order valence-corrected chi connectivity index (χ4v) is 0.599. The Morgan fingerprint density at radius 2 is 1.20 bits per heavy atom. The van der Waals surface area contributed by atoms with Crippen molar-refractivity contribution in [3.63, 3.8) is 0 Å². The summed E-state index contributed by atoms with van der Waals surface area (Å²) in [5.41, 5.74) is 0. The maximum absolute atomic E-state index is 4.02. The van der Waals surface area contributed by atoms with Gasteiger partial charge in [-0.15, -0.1) is 0 Å². The molecule has 0 N–H and O–H groups in total. The van der Waals surface area contributed by atoms with Gasteiger partial charge in [-0.05, 0) is 12.8 Å². The summed E-state index contributed by atoms with van der Waals surface area (Å²) in [6.45, 7) is 6.17. The van der Waals surface area contributed by atoms with E-state index in [2.05, 4.69) is 24.1 Å². The van der Waals surface area contributed by atoms with Crippen LogP contribution in [0.4, 0.5) is 0 Å². The van der Waals surface area contributed by atoms with E-state index in [4.69, 9.17) is 0 Å². The molecule has 0 saturated carbocycles. The van der Waals surface area contributed by atoms with Crippen LogP contribution in [0.5, 0.6) is 0 Å². The zero-order valence-corrected chi connectivity index (χ0v) is 7.14. The smallest absolute Gasteiger partial charge is 0.0598 e. The monoisotopic (exact) mass is 142 g/mol. The van der Waals surface area contributed by atoms with Crippen molar-refractivity contribution in [1.29, 1.82) is 0 Å². The Morgan fingerprint density at radius 1 is 0.800 bits per heavy atom. The van der Waals surface area contributed by atoms with Crippen molar-refractivity contribution in [3.05, 3.63) is 0 Å². The fourth-order valence-electron chi connectivity index (χ4n) is 0.599. The maximum Gasteiger partial charge on any atom is 0.0598 e. The molecule has 0 heterocycles. The Balaban J connectivity index is 2.89. The SMILES string of the molecule is CCCC/N=N/CCCC. The Kier molecular flexibility index (Phi) is 8.26. The van der Waals surface area contributed by atoms with Gasteiger partial charge in [0.05, 0.1) is 13.1 Å². The van der Waals surface area contributed by atoms with E-state index in [0.29, 0.717) is 0 Å². The van der Waals surface area contributed by atoms with Crippen LogP contribution >= 0.6 is 0 Å². The molecule has 0 aromatic carbocycles. The fraction of sp³-hybridized carbons (Fsp3) is 1.00. The lowest BCUT2D eigenvalue weighted by Gasteiger charge is -1.89. The molecule has 0 aliphatic heterocycles. The highest BCUT2D eigenvalue weighted by Gasteiger charge is 1.80. The van der Waals surface area contributed by atoms with Crippen LogP contribution in [0.25, 0.3) is 0 Å². The average Bonchev–Trinajstić information content (AvgIpc) is 1.97. The molecule has 0 rings (SSSR count). The maximum atomic E-state index is 4.02. The third-order valence-corrected chi connectivity index (χ3v) is 1.32. The first-order chi connectivity index (χ1) is 4.91. The van der Waals surface area contributed by atoms with Gasteiger partial charge in [-0.2, -0.15) is 10.2 Å². The molecule has 2 nitrogen and oxygen atoms in total. The van der Waals surface area contributed by atoms with Gasteiger partial charge in [0.2, 0.25) is 0 Å². The van der Waals surface area contributed by atoms with Gasteiger partial charge in [-0.1, -0.05) is 26.7 Å². The van der Waals surface area contributed by atoms with Crippen molar-refractivity contribution >= 4 is 0 Å². The number of nitrogens with zero attached hydrogens (tertiary/aromatic N) is 2. The van der Waals surface area contributed by atoms with Gasteiger partial charge in [0.1, 0.15) is 0 Å². The van der Waals surface area contributed by atoms with Gasteiger partial charge in [-0.25, -0.2) is 0 Å². The van der Waals surface area contributed by atoms with Gasteiger partial charge < -0.3 is 0 Å². The summed E-state index contributed by atoms with van der Waals surface area (Å²) in [5, 5.41) is 8.05. The van der Waals surface area contributed by atoms with Crippen LogP contribution in [-0.4, -0.2) is 13.1 Å². The van der Waals surface area contributed by atoms with E-state index in [0.717, 1.165) is 13.1 Å². The van der Waals surface area contributed by atoms with Gasteiger partial charge in [0.25, 0.3) is 0 Å². The molecule has 0 atom stereocenters. The molecule has 0 radical (unpaired) electrons. The summed E-state index contributed by atoms with van der Waals surface area (Å²) < 4.78 is 0. The standard InChI is InChI=1S/C8H18N2/c1-3-5-7-9-10-8-6-4-2/h3-8H2,1-2H3/b10-9+. The van der Waals surface area contributed by atoms with Crippen LogP contribution < -0.4 is 0 Å². The zero-order chi connectivity index (χ0) is 7.66. The molecule has 0 aromatic rings. The molecule has 0 aliphatic rings. The van der Waals surface area contributed by atoms with Crippen LogP contribution in [-0.2, 0) is 0 Å². The second kappa shape index (κ2) is 8.60. The molecule has 0 amide bonds. The Bertz CT molecular complexity index is 69.3. The summed E-state index contributed by atoms with van der Waals surface area (Å²) in [5.74, 6) is 0. The van der Waals surface area contributed by atoms with E-state index in [1.165, 1.54) is 25.7 Å². The van der Waals surface area contributed by atoms with Crippen molar-refractivity contribution in [2.24, 2.45) is 10.2 Å². The van der Waals surface area contributed by atoms with Crippen molar-refractivity contribution < 1.29 is 0 Å². The summed E-state index contributed by atoms with van der Waals surface area (Å²) in [7, 11) is 0. The largest absolute Gasteiger partial charge is 0.194 e. The lowest BCUT2D eigenvalue weighted by molar-refractivity contribution is 0.720. The molecule has 60 valence electrons. The predicted molar refractivity (Wildman–Crippen MR) is 44.4 cm³/mol. The average molecular weight is 142 g/mol. The summed E-state index contributed by atoms with van der Waals surface area (Å²) >= 11 is 0. The number of rotatable bonds is 6. The van der Waals surface area contributed by atoms with E-state index in [1.54, 1.807) is 0 Å². The van der Waals surface area contributed by atoms with Crippen molar-refractivity contribution in [2.75, 3.05) is 13.1 Å². The molecule has 2 heteroatoms. The highest BCUT2D eigenvalue weighted by Crippen LogP contribution is 1.90. The van der Waals surface area contributed by atoms with Crippen molar-refractivity contribution in [2.45, 2.75) is 39.5 Å². The highest BCUT2D eigenvalue weighted by atomic mass is 15.1. The van der Waals surface area contributed by atoms with E-state index in [9.17, 15) is 0 Å². The molecule has 0 bridgehead atoms. The molecule has 0 fully saturated rings. The zero-order valence-electron chi connectivity index (χ0n) is 7.14. The lowest BCUT2D eigenvalue weighted by atomic mass is 10.3. The van der Waals surface area contributed by atoms with Crippen molar-refractivity contribution in [3.8, 4) is 0 Å².